The van der Waals surface area contributed by atoms with E-state index in [4.69, 9.17) is 18.0 Å². The van der Waals surface area contributed by atoms with Crippen LogP contribution < -0.4 is 5.73 Å². The van der Waals surface area contributed by atoms with Gasteiger partial charge in [0.1, 0.15) is 16.6 Å². The monoisotopic (exact) mass is 234 g/mol. The highest BCUT2D eigenvalue weighted by molar-refractivity contribution is 7.80. The van der Waals surface area contributed by atoms with Gasteiger partial charge in [0.15, 0.2) is 5.82 Å². The van der Waals surface area contributed by atoms with E-state index in [1.165, 1.54) is 6.20 Å². The van der Waals surface area contributed by atoms with Gasteiger partial charge in [-0.1, -0.05) is 12.2 Å². The molecule has 2 aromatic heterocycles. The van der Waals surface area contributed by atoms with E-state index in [2.05, 4.69) is 20.3 Å². The topological polar surface area (TPSA) is 82.5 Å². The number of hydrogen-bond acceptors (Lipinski definition) is 5. The SMILES string of the molecule is Cc1nc(C)n(-c2nnccc2C(N)=S)n1. The zero-order chi connectivity index (χ0) is 11.7. The molecular weight excluding hydrogens is 224 g/mol. The molecule has 0 bridgehead atoms. The number of rotatable bonds is 2. The van der Waals surface area contributed by atoms with Crippen LogP contribution in [0.3, 0.4) is 0 Å². The summed E-state index contributed by atoms with van der Waals surface area (Å²) in [6.07, 6.45) is 1.54. The molecule has 2 heterocycles. The van der Waals surface area contributed by atoms with Crippen LogP contribution in [0.5, 0.6) is 0 Å². The Kier molecular flexibility index (Phi) is 2.61. The van der Waals surface area contributed by atoms with E-state index in [0.29, 0.717) is 17.2 Å². The van der Waals surface area contributed by atoms with Crippen LogP contribution >= 0.6 is 12.2 Å². The third-order valence-corrected chi connectivity index (χ3v) is 2.26. The molecule has 0 unspecified atom stereocenters. The summed E-state index contributed by atoms with van der Waals surface area (Å²) >= 11 is 4.95. The van der Waals surface area contributed by atoms with Gasteiger partial charge in [-0.25, -0.2) is 4.98 Å². The highest BCUT2D eigenvalue weighted by Gasteiger charge is 2.13. The van der Waals surface area contributed by atoms with Crippen molar-refractivity contribution in [2.45, 2.75) is 13.8 Å². The van der Waals surface area contributed by atoms with Crippen molar-refractivity contribution in [3.05, 3.63) is 29.5 Å². The fourth-order valence-corrected chi connectivity index (χ4v) is 1.55. The lowest BCUT2D eigenvalue weighted by atomic mass is 10.3. The van der Waals surface area contributed by atoms with Crippen LogP contribution in [-0.4, -0.2) is 30.0 Å². The number of aromatic nitrogens is 5. The molecule has 2 aromatic rings. The van der Waals surface area contributed by atoms with Crippen molar-refractivity contribution >= 4 is 17.2 Å². The van der Waals surface area contributed by atoms with Gasteiger partial charge < -0.3 is 5.73 Å². The normalized spacial score (nSPS) is 10.4. The van der Waals surface area contributed by atoms with Crippen LogP contribution in [0, 0.1) is 13.8 Å². The predicted octanol–water partition coefficient (Wildman–Crippen LogP) is 0.308. The van der Waals surface area contributed by atoms with E-state index in [-0.39, 0.29) is 4.99 Å². The molecule has 0 aliphatic carbocycles. The minimum atomic E-state index is 0.262. The number of thiocarbonyl (C=S) groups is 1. The predicted molar refractivity (Wildman–Crippen MR) is 62.3 cm³/mol. The Morgan fingerprint density at radius 1 is 1.44 bits per heavy atom. The van der Waals surface area contributed by atoms with Gasteiger partial charge in [-0.15, -0.1) is 10.2 Å². The Morgan fingerprint density at radius 3 is 2.75 bits per heavy atom. The van der Waals surface area contributed by atoms with E-state index in [9.17, 15) is 0 Å². The molecule has 2 rings (SSSR count). The third kappa shape index (κ3) is 1.76. The van der Waals surface area contributed by atoms with Crippen LogP contribution in [0.15, 0.2) is 12.3 Å². The highest BCUT2D eigenvalue weighted by Crippen LogP contribution is 2.11. The van der Waals surface area contributed by atoms with E-state index in [1.807, 2.05) is 6.92 Å². The van der Waals surface area contributed by atoms with Crippen molar-refractivity contribution in [3.8, 4) is 5.82 Å². The molecule has 0 amide bonds. The maximum Gasteiger partial charge on any atom is 0.187 e. The minimum Gasteiger partial charge on any atom is -0.389 e. The Labute approximate surface area is 97.5 Å². The summed E-state index contributed by atoms with van der Waals surface area (Å²) in [6, 6.07) is 1.71. The number of nitrogens with two attached hydrogens (primary N) is 1. The summed E-state index contributed by atoms with van der Waals surface area (Å²) < 4.78 is 1.58. The van der Waals surface area contributed by atoms with E-state index in [1.54, 1.807) is 17.7 Å². The van der Waals surface area contributed by atoms with Crippen molar-refractivity contribution in [1.82, 2.24) is 25.0 Å². The molecule has 0 radical (unpaired) electrons. The van der Waals surface area contributed by atoms with Crippen LogP contribution in [0.4, 0.5) is 0 Å². The van der Waals surface area contributed by atoms with Crippen LogP contribution in [0.2, 0.25) is 0 Å². The lowest BCUT2D eigenvalue weighted by Crippen LogP contribution is -2.16. The Balaban J connectivity index is 2.64. The number of hydrogen-bond donors (Lipinski definition) is 1. The molecule has 0 spiro atoms. The summed E-state index contributed by atoms with van der Waals surface area (Å²) in [7, 11) is 0. The second kappa shape index (κ2) is 3.93. The fourth-order valence-electron chi connectivity index (χ4n) is 1.39. The molecular formula is C9H10N6S. The maximum atomic E-state index is 5.61. The molecule has 16 heavy (non-hydrogen) atoms. The van der Waals surface area contributed by atoms with Crippen molar-refractivity contribution in [3.63, 3.8) is 0 Å². The minimum absolute atomic E-state index is 0.262. The summed E-state index contributed by atoms with van der Waals surface area (Å²) in [5, 5.41) is 12.0. The molecule has 0 saturated carbocycles. The smallest absolute Gasteiger partial charge is 0.187 e. The summed E-state index contributed by atoms with van der Waals surface area (Å²) in [5.41, 5.74) is 6.25. The zero-order valence-electron chi connectivity index (χ0n) is 8.88. The lowest BCUT2D eigenvalue weighted by Gasteiger charge is -2.05. The van der Waals surface area contributed by atoms with Gasteiger partial charge in [-0.05, 0) is 19.9 Å². The first-order chi connectivity index (χ1) is 7.59. The van der Waals surface area contributed by atoms with Gasteiger partial charge in [0, 0.05) is 0 Å². The molecule has 82 valence electrons. The quantitative estimate of drug-likeness (QED) is 0.753. The van der Waals surface area contributed by atoms with Crippen molar-refractivity contribution in [2.75, 3.05) is 0 Å². The van der Waals surface area contributed by atoms with Gasteiger partial charge in [-0.3, -0.25) is 0 Å². The first-order valence-corrected chi connectivity index (χ1v) is 5.02. The van der Waals surface area contributed by atoms with Crippen LogP contribution in [-0.2, 0) is 0 Å². The first-order valence-electron chi connectivity index (χ1n) is 4.61. The van der Waals surface area contributed by atoms with Crippen molar-refractivity contribution in [2.24, 2.45) is 5.73 Å². The highest BCUT2D eigenvalue weighted by atomic mass is 32.1. The maximum absolute atomic E-state index is 5.61. The third-order valence-electron chi connectivity index (χ3n) is 2.04. The number of aryl methyl sites for hydroxylation is 2. The van der Waals surface area contributed by atoms with Crippen molar-refractivity contribution in [1.29, 1.82) is 0 Å². The first kappa shape index (κ1) is 10.6. The van der Waals surface area contributed by atoms with Gasteiger partial charge in [-0.2, -0.15) is 9.78 Å². The Bertz CT molecular complexity index is 547. The van der Waals surface area contributed by atoms with Crippen LogP contribution in [0.25, 0.3) is 5.82 Å². The lowest BCUT2D eigenvalue weighted by molar-refractivity contribution is 0.777. The molecule has 0 aliphatic rings. The molecule has 0 aliphatic heterocycles. The van der Waals surface area contributed by atoms with Gasteiger partial charge in [0.25, 0.3) is 0 Å². The second-order valence-electron chi connectivity index (χ2n) is 3.25. The average molecular weight is 234 g/mol. The largest absolute Gasteiger partial charge is 0.389 e. The number of nitrogens with zero attached hydrogens (tertiary/aromatic N) is 5. The molecule has 7 heteroatoms. The summed E-state index contributed by atoms with van der Waals surface area (Å²) in [5.74, 6) is 1.89. The van der Waals surface area contributed by atoms with E-state index < -0.39 is 0 Å². The molecule has 0 fully saturated rings. The van der Waals surface area contributed by atoms with E-state index >= 15 is 0 Å². The fraction of sp³-hybridized carbons (Fsp3) is 0.222. The van der Waals surface area contributed by atoms with Crippen molar-refractivity contribution < 1.29 is 0 Å². The molecule has 0 aromatic carbocycles. The molecule has 0 saturated heterocycles. The molecule has 2 N–H and O–H groups in total. The van der Waals surface area contributed by atoms with Crippen LogP contribution in [0.1, 0.15) is 17.2 Å². The molecule has 0 atom stereocenters. The summed E-state index contributed by atoms with van der Waals surface area (Å²) in [4.78, 5) is 4.45. The van der Waals surface area contributed by atoms with Gasteiger partial charge >= 0.3 is 0 Å². The average Bonchev–Trinajstić information content (AvgIpc) is 2.57. The Morgan fingerprint density at radius 2 is 2.19 bits per heavy atom. The second-order valence-corrected chi connectivity index (χ2v) is 3.69. The zero-order valence-corrected chi connectivity index (χ0v) is 9.69. The molecule has 6 nitrogen and oxygen atoms in total. The van der Waals surface area contributed by atoms with Gasteiger partial charge in [0.05, 0.1) is 11.8 Å². The van der Waals surface area contributed by atoms with Gasteiger partial charge in [0.2, 0.25) is 0 Å². The van der Waals surface area contributed by atoms with E-state index in [0.717, 1.165) is 5.82 Å². The summed E-state index contributed by atoms with van der Waals surface area (Å²) in [6.45, 7) is 3.64. The standard InChI is InChI=1S/C9H10N6S/c1-5-12-6(2)15(14-5)9-7(8(10)16)3-4-11-13-9/h3-4H,1-2H3,(H2,10,16). The Hall–Kier alpha value is -1.89.